The number of fused-ring (bicyclic) bond motifs is 1. The van der Waals surface area contributed by atoms with Crippen LogP contribution >= 0.6 is 23.2 Å². The molecule has 0 unspecified atom stereocenters. The molecule has 0 spiro atoms. The average Bonchev–Trinajstić information content (AvgIpc) is 3.19. The maximum absolute atomic E-state index is 13.1. The van der Waals surface area contributed by atoms with Crippen LogP contribution in [0, 0.1) is 6.92 Å². The predicted octanol–water partition coefficient (Wildman–Crippen LogP) is 5.78. The summed E-state index contributed by atoms with van der Waals surface area (Å²) in [6.45, 7) is 3.78. The third-order valence-corrected chi connectivity index (χ3v) is 6.20. The van der Waals surface area contributed by atoms with Crippen molar-refractivity contribution < 1.29 is 14.4 Å². The van der Waals surface area contributed by atoms with Gasteiger partial charge < -0.3 is 10.6 Å². The lowest BCUT2D eigenvalue weighted by molar-refractivity contribution is -0.133. The van der Waals surface area contributed by atoms with Gasteiger partial charge in [0.2, 0.25) is 0 Å². The van der Waals surface area contributed by atoms with Crippen molar-refractivity contribution in [3.8, 4) is 0 Å². The van der Waals surface area contributed by atoms with Gasteiger partial charge in [-0.1, -0.05) is 48.3 Å². The second-order valence-electron chi connectivity index (χ2n) is 7.88. The second-order valence-corrected chi connectivity index (χ2v) is 8.72. The number of carbonyl (C=O) groups excluding carboxylic acids is 3. The van der Waals surface area contributed by atoms with Gasteiger partial charge in [-0.3, -0.25) is 19.8 Å². The van der Waals surface area contributed by atoms with Gasteiger partial charge in [-0.25, -0.2) is 4.68 Å². The fourth-order valence-corrected chi connectivity index (χ4v) is 3.92. The largest absolute Gasteiger partial charge is 0.328 e. The first-order valence-corrected chi connectivity index (χ1v) is 11.6. The van der Waals surface area contributed by atoms with E-state index in [9.17, 15) is 14.4 Å². The van der Waals surface area contributed by atoms with Gasteiger partial charge in [0.25, 0.3) is 5.91 Å². The zero-order chi connectivity index (χ0) is 25.1. The number of nitrogens with one attached hydrogen (secondary N) is 3. The summed E-state index contributed by atoms with van der Waals surface area (Å²) in [5, 5.41) is 6.92. The molecule has 4 rings (SSSR count). The molecule has 3 aromatic carbocycles. The number of hydrogen-bond acceptors (Lipinski definition) is 3. The lowest BCUT2D eigenvalue weighted by Crippen LogP contribution is -2.36. The highest BCUT2D eigenvalue weighted by molar-refractivity contribution is 6.43. The molecule has 0 aliphatic carbocycles. The topological polar surface area (TPSA) is 92.2 Å². The quantitative estimate of drug-likeness (QED) is 0.298. The van der Waals surface area contributed by atoms with Crippen molar-refractivity contribution in [2.75, 3.05) is 16.1 Å². The maximum Gasteiger partial charge on any atom is 0.328 e. The first kappa shape index (κ1) is 24.3. The molecule has 3 amide bonds. The van der Waals surface area contributed by atoms with Crippen molar-refractivity contribution in [2.24, 2.45) is 0 Å². The lowest BCUT2D eigenvalue weighted by atomic mass is 10.1. The maximum atomic E-state index is 13.1. The second kappa shape index (κ2) is 10.2. The molecule has 7 nitrogen and oxygen atoms in total. The third-order valence-electron chi connectivity index (χ3n) is 5.55. The van der Waals surface area contributed by atoms with Crippen LogP contribution in [-0.2, 0) is 16.0 Å². The molecule has 0 atom stereocenters. The minimum atomic E-state index is -0.960. The molecule has 1 aromatic heterocycles. The Hall–Kier alpha value is -3.81. The summed E-state index contributed by atoms with van der Waals surface area (Å²) in [6, 6.07) is 19.0. The van der Waals surface area contributed by atoms with Gasteiger partial charge in [0.05, 0.1) is 5.52 Å². The van der Waals surface area contributed by atoms with Crippen LogP contribution in [0.2, 0.25) is 10.0 Å². The van der Waals surface area contributed by atoms with E-state index in [0.29, 0.717) is 37.9 Å². The highest BCUT2D eigenvalue weighted by Crippen LogP contribution is 2.25. The number of halogens is 2. The van der Waals surface area contributed by atoms with E-state index in [4.69, 9.17) is 23.2 Å². The van der Waals surface area contributed by atoms with Crippen molar-refractivity contribution in [3.63, 3.8) is 0 Å². The molecule has 35 heavy (non-hydrogen) atoms. The Morgan fingerprint density at radius 3 is 2.34 bits per heavy atom. The van der Waals surface area contributed by atoms with E-state index in [1.54, 1.807) is 61.5 Å². The number of aromatic nitrogens is 1. The standard InChI is InChI=1S/C26H22Cl2N4O3/c1-3-16-7-10-19(11-8-16)29-24(33)23-14-17-13-18(27)9-12-22(17)32(23)31-26(35)25(34)30-21-6-4-5-20(28)15(21)2/h4-14H,3H2,1-2H3,(H,29,33)(H,30,34)(H,31,35). The van der Waals surface area contributed by atoms with Crippen LogP contribution in [0.25, 0.3) is 10.9 Å². The fraction of sp³-hybridized carbons (Fsp3) is 0.115. The molecule has 0 fully saturated rings. The number of amides is 3. The van der Waals surface area contributed by atoms with Gasteiger partial charge in [0.15, 0.2) is 0 Å². The van der Waals surface area contributed by atoms with Crippen LogP contribution in [0.5, 0.6) is 0 Å². The zero-order valence-electron chi connectivity index (χ0n) is 19.0. The number of carbonyl (C=O) groups is 3. The van der Waals surface area contributed by atoms with Crippen LogP contribution < -0.4 is 16.1 Å². The van der Waals surface area contributed by atoms with E-state index < -0.39 is 17.7 Å². The first-order chi connectivity index (χ1) is 16.8. The van der Waals surface area contributed by atoms with Crippen molar-refractivity contribution in [1.29, 1.82) is 0 Å². The fourth-order valence-electron chi connectivity index (χ4n) is 3.57. The summed E-state index contributed by atoms with van der Waals surface area (Å²) in [4.78, 5) is 38.6. The molecule has 0 saturated carbocycles. The highest BCUT2D eigenvalue weighted by Gasteiger charge is 2.22. The summed E-state index contributed by atoms with van der Waals surface area (Å²) in [6.07, 6.45) is 0.881. The minimum Gasteiger partial charge on any atom is -0.321 e. The summed E-state index contributed by atoms with van der Waals surface area (Å²) in [5.74, 6) is -2.33. The number of benzene rings is 3. The lowest BCUT2D eigenvalue weighted by Gasteiger charge is -2.14. The number of aryl methyl sites for hydroxylation is 1. The van der Waals surface area contributed by atoms with Crippen LogP contribution in [0.3, 0.4) is 0 Å². The molecular weight excluding hydrogens is 487 g/mol. The monoisotopic (exact) mass is 508 g/mol. The molecule has 9 heteroatoms. The smallest absolute Gasteiger partial charge is 0.321 e. The molecule has 0 aliphatic rings. The van der Waals surface area contributed by atoms with Crippen molar-refractivity contribution >= 4 is 63.2 Å². The van der Waals surface area contributed by atoms with E-state index in [1.165, 1.54) is 4.68 Å². The summed E-state index contributed by atoms with van der Waals surface area (Å²) >= 11 is 12.2. The summed E-state index contributed by atoms with van der Waals surface area (Å²) in [7, 11) is 0. The van der Waals surface area contributed by atoms with E-state index in [2.05, 4.69) is 16.1 Å². The molecule has 0 radical (unpaired) electrons. The van der Waals surface area contributed by atoms with Gasteiger partial charge in [-0.2, -0.15) is 0 Å². The zero-order valence-corrected chi connectivity index (χ0v) is 20.5. The molecule has 178 valence electrons. The van der Waals surface area contributed by atoms with Crippen LogP contribution in [-0.4, -0.2) is 22.4 Å². The number of nitrogens with zero attached hydrogens (tertiary/aromatic N) is 1. The average molecular weight is 509 g/mol. The Balaban J connectivity index is 1.62. The van der Waals surface area contributed by atoms with Gasteiger partial charge in [-0.05, 0) is 73.0 Å². The molecule has 0 aliphatic heterocycles. The van der Waals surface area contributed by atoms with Crippen molar-refractivity contribution in [1.82, 2.24) is 4.68 Å². The predicted molar refractivity (Wildman–Crippen MR) is 140 cm³/mol. The highest BCUT2D eigenvalue weighted by atomic mass is 35.5. The minimum absolute atomic E-state index is 0.127. The Morgan fingerprint density at radius 1 is 0.886 bits per heavy atom. The molecule has 0 saturated heterocycles. The Bertz CT molecular complexity index is 1450. The van der Waals surface area contributed by atoms with Crippen LogP contribution in [0.15, 0.2) is 66.7 Å². The number of rotatable bonds is 5. The molecular formula is C26H22Cl2N4O3. The number of hydrogen-bond donors (Lipinski definition) is 3. The molecule has 3 N–H and O–H groups in total. The van der Waals surface area contributed by atoms with Gasteiger partial charge in [0, 0.05) is 26.8 Å². The summed E-state index contributed by atoms with van der Waals surface area (Å²) in [5.41, 5.74) is 5.93. The van der Waals surface area contributed by atoms with Crippen LogP contribution in [0.1, 0.15) is 28.5 Å². The van der Waals surface area contributed by atoms with Gasteiger partial charge >= 0.3 is 11.8 Å². The van der Waals surface area contributed by atoms with Crippen LogP contribution in [0.4, 0.5) is 11.4 Å². The van der Waals surface area contributed by atoms with E-state index in [1.807, 2.05) is 19.1 Å². The van der Waals surface area contributed by atoms with Crippen molar-refractivity contribution in [3.05, 3.63) is 93.6 Å². The number of anilines is 2. The normalized spacial score (nSPS) is 10.7. The van der Waals surface area contributed by atoms with E-state index in [0.717, 1.165) is 12.0 Å². The molecule has 1 heterocycles. The SMILES string of the molecule is CCc1ccc(NC(=O)c2cc3cc(Cl)ccc3n2NC(=O)C(=O)Nc2cccc(Cl)c2C)cc1. The molecule has 0 bridgehead atoms. The first-order valence-electron chi connectivity index (χ1n) is 10.9. The third kappa shape index (κ3) is 5.31. The van der Waals surface area contributed by atoms with E-state index >= 15 is 0 Å². The molecule has 4 aromatic rings. The van der Waals surface area contributed by atoms with Gasteiger partial charge in [-0.15, -0.1) is 0 Å². The van der Waals surface area contributed by atoms with E-state index in [-0.39, 0.29) is 5.69 Å². The van der Waals surface area contributed by atoms with Crippen molar-refractivity contribution in [2.45, 2.75) is 20.3 Å². The summed E-state index contributed by atoms with van der Waals surface area (Å²) < 4.78 is 1.27. The van der Waals surface area contributed by atoms with Gasteiger partial charge in [0.1, 0.15) is 5.69 Å². The Kier molecular flexibility index (Phi) is 7.10. The Labute approximate surface area is 212 Å². The Morgan fingerprint density at radius 2 is 1.63 bits per heavy atom.